The van der Waals surface area contributed by atoms with Gasteiger partial charge in [-0.1, -0.05) is 12.2 Å². The van der Waals surface area contributed by atoms with Crippen LogP contribution in [-0.2, 0) is 0 Å². The van der Waals surface area contributed by atoms with Gasteiger partial charge in [0.25, 0.3) is 0 Å². The van der Waals surface area contributed by atoms with Crippen LogP contribution in [0.25, 0.3) is 12.2 Å². The third-order valence-electron chi connectivity index (χ3n) is 1.64. The zero-order chi connectivity index (χ0) is 7.84. The molecular weight excluding hydrogens is 160 g/mol. The molecule has 0 radical (unpaired) electrons. The van der Waals surface area contributed by atoms with Crippen molar-refractivity contribution < 1.29 is 9.90 Å². The number of hydrogen-bond acceptors (Lipinski definition) is 2. The van der Waals surface area contributed by atoms with Gasteiger partial charge in [-0.05, 0) is 17.7 Å². The van der Waals surface area contributed by atoms with Gasteiger partial charge in [0.1, 0.15) is 4.88 Å². The van der Waals surface area contributed by atoms with Gasteiger partial charge in [0, 0.05) is 4.53 Å². The number of thiophene rings is 1. The second-order valence-corrected chi connectivity index (χ2v) is 3.46. The highest BCUT2D eigenvalue weighted by molar-refractivity contribution is 7.11. The van der Waals surface area contributed by atoms with Gasteiger partial charge in [-0.2, -0.15) is 0 Å². The van der Waals surface area contributed by atoms with E-state index in [2.05, 4.69) is 0 Å². The summed E-state index contributed by atoms with van der Waals surface area (Å²) in [5.41, 5.74) is 0. The van der Waals surface area contributed by atoms with Gasteiger partial charge in [-0.3, -0.25) is 0 Å². The Bertz CT molecular complexity index is 382. The lowest BCUT2D eigenvalue weighted by molar-refractivity contribution is 0.0702. The molecule has 0 saturated heterocycles. The molecule has 1 aromatic heterocycles. The number of carbonyl (C=O) groups is 1. The second-order valence-electron chi connectivity index (χ2n) is 2.38. The molecule has 2 rings (SSSR count). The predicted octanol–water partition coefficient (Wildman–Crippen LogP) is 0.411. The highest BCUT2D eigenvalue weighted by atomic mass is 32.1. The molecule has 0 aromatic carbocycles. The molecule has 0 atom stereocenters. The first-order valence-corrected chi connectivity index (χ1v) is 4.12. The molecule has 11 heavy (non-hydrogen) atoms. The van der Waals surface area contributed by atoms with Gasteiger partial charge < -0.3 is 5.11 Å². The molecule has 1 aliphatic carbocycles. The molecule has 0 spiro atoms. The molecule has 0 aliphatic heterocycles. The molecular formula is C8H6O2S. The summed E-state index contributed by atoms with van der Waals surface area (Å²) in [5, 5.41) is 9.70. The van der Waals surface area contributed by atoms with Crippen molar-refractivity contribution in [3.63, 3.8) is 0 Å². The standard InChI is InChI=1S/C8H6O2S/c9-8(10)7-4-5-2-1-3-6(5)11-7/h2-4H,1H2,(H,9,10). The van der Waals surface area contributed by atoms with Gasteiger partial charge in [0.2, 0.25) is 0 Å². The number of carboxylic acids is 1. The van der Waals surface area contributed by atoms with Crippen molar-refractivity contribution in [3.8, 4) is 0 Å². The van der Waals surface area contributed by atoms with Gasteiger partial charge in [-0.15, -0.1) is 11.3 Å². The van der Waals surface area contributed by atoms with E-state index in [0.29, 0.717) is 4.88 Å². The van der Waals surface area contributed by atoms with E-state index < -0.39 is 5.97 Å². The summed E-state index contributed by atoms with van der Waals surface area (Å²) < 4.78 is 1.10. The number of carboxylic acid groups (broad SMARTS) is 1. The van der Waals surface area contributed by atoms with Crippen LogP contribution in [-0.4, -0.2) is 11.1 Å². The maximum absolute atomic E-state index is 10.5. The first-order chi connectivity index (χ1) is 5.27. The van der Waals surface area contributed by atoms with Crippen LogP contribution >= 0.6 is 11.3 Å². The Labute approximate surface area is 67.1 Å². The van der Waals surface area contributed by atoms with Crippen LogP contribution in [0.3, 0.4) is 0 Å². The Morgan fingerprint density at radius 1 is 1.55 bits per heavy atom. The Hall–Kier alpha value is -1.09. The fourth-order valence-electron chi connectivity index (χ4n) is 1.14. The van der Waals surface area contributed by atoms with Crippen molar-refractivity contribution >= 4 is 29.5 Å². The van der Waals surface area contributed by atoms with Gasteiger partial charge >= 0.3 is 5.97 Å². The first kappa shape index (κ1) is 6.61. The summed E-state index contributed by atoms with van der Waals surface area (Å²) in [6, 6.07) is 1.73. The van der Waals surface area contributed by atoms with Crippen molar-refractivity contribution in [2.45, 2.75) is 6.42 Å². The van der Waals surface area contributed by atoms with Gasteiger partial charge in [-0.25, -0.2) is 4.79 Å². The van der Waals surface area contributed by atoms with E-state index in [4.69, 9.17) is 5.11 Å². The average molecular weight is 166 g/mol. The Morgan fingerprint density at radius 3 is 3.00 bits per heavy atom. The van der Waals surface area contributed by atoms with Crippen molar-refractivity contribution in [3.05, 3.63) is 20.7 Å². The molecule has 3 heteroatoms. The van der Waals surface area contributed by atoms with Crippen molar-refractivity contribution in [2.24, 2.45) is 0 Å². The van der Waals surface area contributed by atoms with E-state index in [9.17, 15) is 4.79 Å². The van der Waals surface area contributed by atoms with Gasteiger partial charge in [0.15, 0.2) is 0 Å². The molecule has 0 unspecified atom stereocenters. The highest BCUT2D eigenvalue weighted by Crippen LogP contribution is 2.02. The van der Waals surface area contributed by atoms with Crippen molar-refractivity contribution in [2.75, 3.05) is 0 Å². The molecule has 1 heterocycles. The molecule has 1 aliphatic rings. The molecule has 0 saturated carbocycles. The van der Waals surface area contributed by atoms with Crippen LogP contribution in [0.4, 0.5) is 0 Å². The van der Waals surface area contributed by atoms with Crippen LogP contribution in [0.5, 0.6) is 0 Å². The van der Waals surface area contributed by atoms with Crippen molar-refractivity contribution in [1.82, 2.24) is 0 Å². The van der Waals surface area contributed by atoms with Crippen molar-refractivity contribution in [1.29, 1.82) is 0 Å². The maximum Gasteiger partial charge on any atom is 0.345 e. The Kier molecular flexibility index (Phi) is 1.32. The number of aromatic carboxylic acids is 1. The summed E-state index contributed by atoms with van der Waals surface area (Å²) in [5.74, 6) is -0.828. The predicted molar refractivity (Wildman–Crippen MR) is 44.1 cm³/mol. The first-order valence-electron chi connectivity index (χ1n) is 3.31. The average Bonchev–Trinajstić information content (AvgIpc) is 2.40. The third kappa shape index (κ3) is 0.973. The van der Waals surface area contributed by atoms with E-state index in [1.807, 2.05) is 12.2 Å². The summed E-state index contributed by atoms with van der Waals surface area (Å²) in [4.78, 5) is 10.9. The van der Waals surface area contributed by atoms with Crippen LogP contribution in [0.15, 0.2) is 6.07 Å². The van der Waals surface area contributed by atoms with Crippen LogP contribution < -0.4 is 9.75 Å². The topological polar surface area (TPSA) is 37.3 Å². The Morgan fingerprint density at radius 2 is 2.36 bits per heavy atom. The Balaban J connectivity index is 2.69. The molecule has 2 nitrogen and oxygen atoms in total. The molecule has 0 fully saturated rings. The molecule has 0 amide bonds. The minimum atomic E-state index is -0.828. The van der Waals surface area contributed by atoms with E-state index in [-0.39, 0.29) is 0 Å². The van der Waals surface area contributed by atoms with Crippen LogP contribution in [0, 0.1) is 0 Å². The normalized spacial score (nSPS) is 13.5. The molecule has 1 N–H and O–H groups in total. The zero-order valence-corrected chi connectivity index (χ0v) is 6.52. The smallest absolute Gasteiger partial charge is 0.345 e. The monoisotopic (exact) mass is 166 g/mol. The van der Waals surface area contributed by atoms with Crippen LogP contribution in [0.2, 0.25) is 0 Å². The lowest BCUT2D eigenvalue weighted by Gasteiger charge is -1.80. The number of fused-ring (bicyclic) bond motifs is 1. The lowest BCUT2D eigenvalue weighted by atomic mass is 10.4. The summed E-state index contributed by atoms with van der Waals surface area (Å²) >= 11 is 1.34. The second kappa shape index (κ2) is 2.20. The quantitative estimate of drug-likeness (QED) is 0.656. The molecule has 1 aromatic rings. The van der Waals surface area contributed by atoms with Gasteiger partial charge in [0.05, 0.1) is 0 Å². The highest BCUT2D eigenvalue weighted by Gasteiger charge is 2.06. The maximum atomic E-state index is 10.5. The fraction of sp³-hybridized carbons (Fsp3) is 0.125. The lowest BCUT2D eigenvalue weighted by Crippen LogP contribution is -2.12. The minimum absolute atomic E-state index is 0.433. The van der Waals surface area contributed by atoms with Crippen LogP contribution in [0.1, 0.15) is 16.1 Å². The SMILES string of the molecule is O=C(O)c1cc2c(s1)=CCC=2. The minimum Gasteiger partial charge on any atom is -0.477 e. The van der Waals surface area contributed by atoms with E-state index in [0.717, 1.165) is 16.2 Å². The molecule has 0 bridgehead atoms. The summed E-state index contributed by atoms with van der Waals surface area (Å²) in [6.45, 7) is 0. The van der Waals surface area contributed by atoms with E-state index >= 15 is 0 Å². The third-order valence-corrected chi connectivity index (χ3v) is 2.78. The zero-order valence-electron chi connectivity index (χ0n) is 5.70. The van der Waals surface area contributed by atoms with E-state index in [1.165, 1.54) is 11.3 Å². The number of hydrogen-bond donors (Lipinski definition) is 1. The molecule has 56 valence electrons. The van der Waals surface area contributed by atoms with E-state index in [1.54, 1.807) is 6.07 Å². The number of rotatable bonds is 1. The fourth-order valence-corrected chi connectivity index (χ4v) is 2.09. The summed E-state index contributed by atoms with van der Waals surface area (Å²) in [6.07, 6.45) is 5.03. The summed E-state index contributed by atoms with van der Waals surface area (Å²) in [7, 11) is 0. The largest absolute Gasteiger partial charge is 0.477 e.